The Kier molecular flexibility index (Phi) is 3.85. The molecule has 1 aliphatic heterocycles. The van der Waals surface area contributed by atoms with Crippen LogP contribution in [0.25, 0.3) is 10.9 Å². The monoisotopic (exact) mass is 301 g/mol. The highest BCUT2D eigenvalue weighted by Gasteiger charge is 2.25. The van der Waals surface area contributed by atoms with E-state index in [1.54, 1.807) is 4.57 Å². The van der Waals surface area contributed by atoms with E-state index in [0.29, 0.717) is 32.0 Å². The van der Waals surface area contributed by atoms with E-state index in [4.69, 9.17) is 4.74 Å². The molecule has 6 nitrogen and oxygen atoms in total. The zero-order valence-corrected chi connectivity index (χ0v) is 12.8. The minimum atomic E-state index is -0.152. The van der Waals surface area contributed by atoms with Crippen LogP contribution < -0.4 is 10.2 Å². The molecular weight excluding hydrogens is 282 g/mol. The van der Waals surface area contributed by atoms with Crippen LogP contribution in [0, 0.1) is 0 Å². The van der Waals surface area contributed by atoms with Gasteiger partial charge >= 0.3 is 0 Å². The molecule has 0 saturated carbocycles. The van der Waals surface area contributed by atoms with Crippen LogP contribution in [0.2, 0.25) is 0 Å². The van der Waals surface area contributed by atoms with Crippen LogP contribution in [0.4, 0.5) is 11.5 Å². The summed E-state index contributed by atoms with van der Waals surface area (Å²) in [4.78, 5) is 25.9. The molecule has 0 aliphatic carbocycles. The number of anilines is 2. The first-order valence-electron chi connectivity index (χ1n) is 7.34. The first kappa shape index (κ1) is 14.6. The number of para-hydroxylation sites is 1. The summed E-state index contributed by atoms with van der Waals surface area (Å²) in [7, 11) is 0. The van der Waals surface area contributed by atoms with Gasteiger partial charge in [-0.15, -0.1) is 0 Å². The fraction of sp³-hybridized carbons (Fsp3) is 0.375. The Balaban J connectivity index is 2.26. The van der Waals surface area contributed by atoms with E-state index in [1.165, 1.54) is 13.8 Å². The number of fused-ring (bicyclic) bond motifs is 1. The van der Waals surface area contributed by atoms with Crippen LogP contribution in [0.1, 0.15) is 18.6 Å². The number of benzene rings is 1. The van der Waals surface area contributed by atoms with Gasteiger partial charge in [-0.05, 0) is 6.07 Å². The van der Waals surface area contributed by atoms with Crippen molar-refractivity contribution in [3.05, 3.63) is 24.3 Å². The van der Waals surface area contributed by atoms with E-state index in [2.05, 4.69) is 10.2 Å². The number of morpholine rings is 1. The lowest BCUT2D eigenvalue weighted by molar-refractivity contribution is -0.114. The molecule has 22 heavy (non-hydrogen) atoms. The smallest absolute Gasteiger partial charge is 0.229 e. The molecule has 1 aliphatic rings. The summed E-state index contributed by atoms with van der Waals surface area (Å²) in [5.74, 6) is 0.516. The van der Waals surface area contributed by atoms with E-state index < -0.39 is 0 Å². The van der Waals surface area contributed by atoms with E-state index in [9.17, 15) is 9.59 Å². The first-order chi connectivity index (χ1) is 10.6. The van der Waals surface area contributed by atoms with Crippen LogP contribution in [-0.2, 0) is 9.53 Å². The van der Waals surface area contributed by atoms with Crippen LogP contribution in [0.3, 0.4) is 0 Å². The number of amides is 1. The van der Waals surface area contributed by atoms with Crippen molar-refractivity contribution in [2.45, 2.75) is 13.8 Å². The average Bonchev–Trinajstić information content (AvgIpc) is 2.82. The second-order valence-electron chi connectivity index (χ2n) is 5.35. The zero-order chi connectivity index (χ0) is 15.7. The Hall–Kier alpha value is -2.34. The molecule has 1 aromatic carbocycles. The largest absolute Gasteiger partial charge is 0.378 e. The SMILES string of the molecule is CC(=O)Nc1c(N2CCOCC2)n(C(C)=O)c2ccccc12. The zero-order valence-electron chi connectivity index (χ0n) is 12.8. The lowest BCUT2D eigenvalue weighted by atomic mass is 10.2. The minimum Gasteiger partial charge on any atom is -0.378 e. The summed E-state index contributed by atoms with van der Waals surface area (Å²) >= 11 is 0. The maximum atomic E-state index is 12.2. The molecule has 0 radical (unpaired) electrons. The molecule has 1 saturated heterocycles. The van der Waals surface area contributed by atoms with Crippen molar-refractivity contribution in [1.82, 2.24) is 4.57 Å². The molecule has 0 spiro atoms. The average molecular weight is 301 g/mol. The molecule has 1 aromatic heterocycles. The van der Waals surface area contributed by atoms with E-state index in [1.807, 2.05) is 24.3 Å². The van der Waals surface area contributed by atoms with Crippen molar-refractivity contribution >= 4 is 34.2 Å². The van der Waals surface area contributed by atoms with Crippen molar-refractivity contribution in [3.8, 4) is 0 Å². The van der Waals surface area contributed by atoms with Crippen molar-refractivity contribution in [1.29, 1.82) is 0 Å². The van der Waals surface area contributed by atoms with Crippen molar-refractivity contribution in [2.24, 2.45) is 0 Å². The minimum absolute atomic E-state index is 0.0747. The summed E-state index contributed by atoms with van der Waals surface area (Å²) in [5.41, 5.74) is 1.50. The number of rotatable bonds is 2. The normalized spacial score (nSPS) is 15.1. The summed E-state index contributed by atoms with van der Waals surface area (Å²) in [6.07, 6.45) is 0. The van der Waals surface area contributed by atoms with Gasteiger partial charge < -0.3 is 15.0 Å². The topological polar surface area (TPSA) is 63.6 Å². The highest BCUT2D eigenvalue weighted by molar-refractivity contribution is 6.11. The predicted octanol–water partition coefficient (Wildman–Crippen LogP) is 2.10. The standard InChI is InChI=1S/C16H19N3O3/c1-11(20)17-15-13-5-3-4-6-14(13)19(12(2)21)16(15)18-7-9-22-10-8-18/h3-6H,7-10H2,1-2H3,(H,17,20). The summed E-state index contributed by atoms with van der Waals surface area (Å²) in [6.45, 7) is 5.61. The number of carbonyl (C=O) groups excluding carboxylic acids is 2. The highest BCUT2D eigenvalue weighted by Crippen LogP contribution is 2.38. The molecule has 1 fully saturated rings. The highest BCUT2D eigenvalue weighted by atomic mass is 16.5. The molecule has 1 amide bonds. The second-order valence-corrected chi connectivity index (χ2v) is 5.35. The van der Waals surface area contributed by atoms with Gasteiger partial charge in [-0.25, -0.2) is 0 Å². The van der Waals surface area contributed by atoms with Gasteiger partial charge in [-0.1, -0.05) is 18.2 Å². The van der Waals surface area contributed by atoms with Gasteiger partial charge in [0.1, 0.15) is 5.82 Å². The van der Waals surface area contributed by atoms with Crippen LogP contribution in [0.5, 0.6) is 0 Å². The van der Waals surface area contributed by atoms with Gasteiger partial charge in [0.15, 0.2) is 0 Å². The van der Waals surface area contributed by atoms with E-state index in [-0.39, 0.29) is 11.8 Å². The Morgan fingerprint density at radius 3 is 2.45 bits per heavy atom. The molecule has 2 heterocycles. The second kappa shape index (κ2) is 5.81. The lowest BCUT2D eigenvalue weighted by Gasteiger charge is -2.30. The number of nitrogens with one attached hydrogen (secondary N) is 1. The van der Waals surface area contributed by atoms with Gasteiger partial charge in [-0.3, -0.25) is 14.2 Å². The molecule has 3 rings (SSSR count). The molecule has 1 N–H and O–H groups in total. The summed E-state index contributed by atoms with van der Waals surface area (Å²) in [6, 6.07) is 7.61. The Labute approximate surface area is 128 Å². The Morgan fingerprint density at radius 2 is 1.82 bits per heavy atom. The third-order valence-electron chi connectivity index (χ3n) is 3.78. The lowest BCUT2D eigenvalue weighted by Crippen LogP contribution is -2.38. The number of carbonyl (C=O) groups is 2. The van der Waals surface area contributed by atoms with Gasteiger partial charge in [0.2, 0.25) is 11.8 Å². The van der Waals surface area contributed by atoms with Gasteiger partial charge in [-0.2, -0.15) is 0 Å². The maximum absolute atomic E-state index is 12.2. The van der Waals surface area contributed by atoms with Crippen molar-refractivity contribution < 1.29 is 14.3 Å². The van der Waals surface area contributed by atoms with Crippen molar-refractivity contribution in [3.63, 3.8) is 0 Å². The number of hydrogen-bond acceptors (Lipinski definition) is 4. The molecule has 6 heteroatoms. The summed E-state index contributed by atoms with van der Waals surface area (Å²) in [5, 5.41) is 3.76. The van der Waals surface area contributed by atoms with Crippen LogP contribution in [0.15, 0.2) is 24.3 Å². The number of nitrogens with zero attached hydrogens (tertiary/aromatic N) is 2. The van der Waals surface area contributed by atoms with Gasteiger partial charge in [0, 0.05) is 32.3 Å². The third kappa shape index (κ3) is 2.46. The Morgan fingerprint density at radius 1 is 1.14 bits per heavy atom. The van der Waals surface area contributed by atoms with Gasteiger partial charge in [0.25, 0.3) is 0 Å². The quantitative estimate of drug-likeness (QED) is 0.922. The van der Waals surface area contributed by atoms with Crippen LogP contribution in [-0.4, -0.2) is 42.7 Å². The third-order valence-corrected chi connectivity index (χ3v) is 3.78. The maximum Gasteiger partial charge on any atom is 0.229 e. The summed E-state index contributed by atoms with van der Waals surface area (Å²) < 4.78 is 7.07. The molecule has 0 bridgehead atoms. The number of aromatic nitrogens is 1. The molecule has 2 aromatic rings. The van der Waals surface area contributed by atoms with E-state index in [0.717, 1.165) is 16.7 Å². The number of hydrogen-bond donors (Lipinski definition) is 1. The fourth-order valence-corrected chi connectivity index (χ4v) is 2.92. The van der Waals surface area contributed by atoms with Crippen molar-refractivity contribution in [2.75, 3.05) is 36.5 Å². The van der Waals surface area contributed by atoms with Gasteiger partial charge in [0.05, 0.1) is 24.4 Å². The molecule has 0 atom stereocenters. The molecule has 0 unspecified atom stereocenters. The van der Waals surface area contributed by atoms with Crippen LogP contribution >= 0.6 is 0 Å². The first-order valence-corrected chi connectivity index (χ1v) is 7.34. The predicted molar refractivity (Wildman–Crippen MR) is 85.6 cm³/mol. The Bertz CT molecular complexity index is 730. The van der Waals surface area contributed by atoms with E-state index >= 15 is 0 Å². The molecule has 116 valence electrons. The number of ether oxygens (including phenoxy) is 1. The fourth-order valence-electron chi connectivity index (χ4n) is 2.92. The molecular formula is C16H19N3O3.